The van der Waals surface area contributed by atoms with Crippen molar-refractivity contribution in [1.82, 2.24) is 4.90 Å². The van der Waals surface area contributed by atoms with Gasteiger partial charge in [0, 0.05) is 12.6 Å². The summed E-state index contributed by atoms with van der Waals surface area (Å²) in [6.45, 7) is 6.90. The molecule has 0 unspecified atom stereocenters. The quantitative estimate of drug-likeness (QED) is 0.766. The highest BCUT2D eigenvalue weighted by molar-refractivity contribution is 5.43. The van der Waals surface area contributed by atoms with E-state index in [9.17, 15) is 0 Å². The predicted octanol–water partition coefficient (Wildman–Crippen LogP) is 4.74. The lowest BCUT2D eigenvalue weighted by Crippen LogP contribution is -2.22. The van der Waals surface area contributed by atoms with Gasteiger partial charge in [0.1, 0.15) is 0 Å². The number of hydrogen-bond acceptors (Lipinski definition) is 3. The van der Waals surface area contributed by atoms with Crippen LogP contribution in [0.5, 0.6) is 11.5 Å². The minimum Gasteiger partial charge on any atom is -0.493 e. The van der Waals surface area contributed by atoms with Gasteiger partial charge in [-0.3, -0.25) is 4.90 Å². The second-order valence-electron chi connectivity index (χ2n) is 6.46. The van der Waals surface area contributed by atoms with Crippen LogP contribution in [0, 0.1) is 6.92 Å². The van der Waals surface area contributed by atoms with Crippen molar-refractivity contribution in [1.29, 1.82) is 0 Å². The summed E-state index contributed by atoms with van der Waals surface area (Å²) in [6.07, 6.45) is 2.49. The fourth-order valence-corrected chi connectivity index (χ4v) is 3.59. The Morgan fingerprint density at radius 3 is 2.75 bits per heavy atom. The van der Waals surface area contributed by atoms with E-state index in [1.54, 1.807) is 7.11 Å². The molecule has 3 nitrogen and oxygen atoms in total. The van der Waals surface area contributed by atoms with E-state index in [1.165, 1.54) is 29.5 Å². The van der Waals surface area contributed by atoms with Crippen molar-refractivity contribution in [3.63, 3.8) is 0 Å². The van der Waals surface area contributed by atoms with Crippen molar-refractivity contribution < 1.29 is 9.47 Å². The Bertz CT molecular complexity index is 683. The molecule has 1 aliphatic rings. The molecule has 1 atom stereocenters. The van der Waals surface area contributed by atoms with Crippen LogP contribution in [0.3, 0.4) is 0 Å². The zero-order valence-corrected chi connectivity index (χ0v) is 14.9. The molecule has 1 aliphatic heterocycles. The highest BCUT2D eigenvalue weighted by Gasteiger charge is 2.26. The number of rotatable bonds is 6. The van der Waals surface area contributed by atoms with Crippen molar-refractivity contribution in [3.8, 4) is 11.5 Å². The smallest absolute Gasteiger partial charge is 0.161 e. The van der Waals surface area contributed by atoms with Gasteiger partial charge in [0.2, 0.25) is 0 Å². The van der Waals surface area contributed by atoms with Gasteiger partial charge in [-0.05, 0) is 56.5 Å². The lowest BCUT2D eigenvalue weighted by molar-refractivity contribution is 0.247. The fourth-order valence-electron chi connectivity index (χ4n) is 3.59. The maximum Gasteiger partial charge on any atom is 0.161 e. The number of hydrogen-bond donors (Lipinski definition) is 0. The standard InChI is InChI=1S/C21H27NO2/c1-4-24-20-11-10-17(14-21(20)23-3)15-22-12-6-9-19(22)18-8-5-7-16(2)13-18/h5,7-8,10-11,13-14,19H,4,6,9,12,15H2,1-3H3/t19-/m1/s1. The molecule has 3 heteroatoms. The second kappa shape index (κ2) is 7.71. The third-order valence-corrected chi connectivity index (χ3v) is 4.70. The van der Waals surface area contributed by atoms with E-state index in [2.05, 4.69) is 48.2 Å². The number of benzene rings is 2. The molecule has 0 amide bonds. The van der Waals surface area contributed by atoms with Crippen LogP contribution in [0.25, 0.3) is 0 Å². The van der Waals surface area contributed by atoms with Crippen molar-refractivity contribution in [2.24, 2.45) is 0 Å². The Balaban J connectivity index is 1.77. The number of aryl methyl sites for hydroxylation is 1. The maximum atomic E-state index is 5.62. The molecule has 3 rings (SSSR count). The molecule has 2 aromatic carbocycles. The first kappa shape index (κ1) is 16.8. The highest BCUT2D eigenvalue weighted by Crippen LogP contribution is 2.35. The van der Waals surface area contributed by atoms with Crippen LogP contribution in [0.2, 0.25) is 0 Å². The summed E-state index contributed by atoms with van der Waals surface area (Å²) in [5, 5.41) is 0. The largest absolute Gasteiger partial charge is 0.493 e. The molecule has 1 heterocycles. The average molecular weight is 325 g/mol. The molecule has 0 bridgehead atoms. The summed E-state index contributed by atoms with van der Waals surface area (Å²) in [7, 11) is 1.70. The van der Waals surface area contributed by atoms with Crippen LogP contribution in [-0.2, 0) is 6.54 Å². The van der Waals surface area contributed by atoms with Gasteiger partial charge in [0.15, 0.2) is 11.5 Å². The zero-order chi connectivity index (χ0) is 16.9. The average Bonchev–Trinajstić information content (AvgIpc) is 3.04. The normalized spacial score (nSPS) is 17.9. The minimum atomic E-state index is 0.516. The van der Waals surface area contributed by atoms with Crippen LogP contribution in [-0.4, -0.2) is 25.2 Å². The first-order valence-electron chi connectivity index (χ1n) is 8.81. The lowest BCUT2D eigenvalue weighted by Gasteiger charge is -2.25. The van der Waals surface area contributed by atoms with Crippen LogP contribution >= 0.6 is 0 Å². The summed E-state index contributed by atoms with van der Waals surface area (Å²) < 4.78 is 11.1. The van der Waals surface area contributed by atoms with Crippen molar-refractivity contribution in [2.75, 3.05) is 20.3 Å². The molecule has 0 aromatic heterocycles. The Labute approximate surface area is 145 Å². The van der Waals surface area contributed by atoms with E-state index in [0.29, 0.717) is 12.6 Å². The Kier molecular flexibility index (Phi) is 5.41. The molecule has 1 saturated heterocycles. The van der Waals surface area contributed by atoms with Crippen LogP contribution < -0.4 is 9.47 Å². The summed E-state index contributed by atoms with van der Waals surface area (Å²) >= 11 is 0. The van der Waals surface area contributed by atoms with Gasteiger partial charge in [0.05, 0.1) is 13.7 Å². The summed E-state index contributed by atoms with van der Waals surface area (Å²) in [6, 6.07) is 15.7. The molecule has 0 saturated carbocycles. The van der Waals surface area contributed by atoms with Gasteiger partial charge in [-0.2, -0.15) is 0 Å². The molecule has 0 N–H and O–H groups in total. The van der Waals surface area contributed by atoms with Crippen LogP contribution in [0.15, 0.2) is 42.5 Å². The fraction of sp³-hybridized carbons (Fsp3) is 0.429. The molecular weight excluding hydrogens is 298 g/mol. The zero-order valence-electron chi connectivity index (χ0n) is 14.9. The van der Waals surface area contributed by atoms with E-state index in [-0.39, 0.29) is 0 Å². The summed E-state index contributed by atoms with van der Waals surface area (Å²) in [4.78, 5) is 2.57. The van der Waals surface area contributed by atoms with Gasteiger partial charge in [-0.25, -0.2) is 0 Å². The molecule has 0 spiro atoms. The van der Waals surface area contributed by atoms with Gasteiger partial charge in [-0.15, -0.1) is 0 Å². The number of ether oxygens (including phenoxy) is 2. The number of methoxy groups -OCH3 is 1. The molecular formula is C21H27NO2. The monoisotopic (exact) mass is 325 g/mol. The lowest BCUT2D eigenvalue weighted by atomic mass is 10.0. The molecule has 128 valence electrons. The first-order chi connectivity index (χ1) is 11.7. The molecule has 2 aromatic rings. The van der Waals surface area contributed by atoms with E-state index >= 15 is 0 Å². The number of nitrogens with zero attached hydrogens (tertiary/aromatic N) is 1. The van der Waals surface area contributed by atoms with E-state index in [1.807, 2.05) is 13.0 Å². The van der Waals surface area contributed by atoms with Gasteiger partial charge < -0.3 is 9.47 Å². The second-order valence-corrected chi connectivity index (χ2v) is 6.46. The third kappa shape index (κ3) is 3.73. The SMILES string of the molecule is CCOc1ccc(CN2CCC[C@@H]2c2cccc(C)c2)cc1OC. The van der Waals surface area contributed by atoms with Crippen LogP contribution in [0.1, 0.15) is 42.5 Å². The summed E-state index contributed by atoms with van der Waals surface area (Å²) in [5.41, 5.74) is 4.04. The van der Waals surface area contributed by atoms with Crippen molar-refractivity contribution in [3.05, 3.63) is 59.2 Å². The predicted molar refractivity (Wildman–Crippen MR) is 97.7 cm³/mol. The van der Waals surface area contributed by atoms with E-state index < -0.39 is 0 Å². The summed E-state index contributed by atoms with van der Waals surface area (Å²) in [5.74, 6) is 1.64. The third-order valence-electron chi connectivity index (χ3n) is 4.70. The molecule has 0 aliphatic carbocycles. The van der Waals surface area contributed by atoms with Gasteiger partial charge in [0.25, 0.3) is 0 Å². The first-order valence-corrected chi connectivity index (χ1v) is 8.81. The van der Waals surface area contributed by atoms with E-state index in [4.69, 9.17) is 9.47 Å². The molecule has 0 radical (unpaired) electrons. The molecule has 1 fully saturated rings. The number of likely N-dealkylation sites (tertiary alicyclic amines) is 1. The minimum absolute atomic E-state index is 0.516. The highest BCUT2D eigenvalue weighted by atomic mass is 16.5. The van der Waals surface area contributed by atoms with Crippen molar-refractivity contribution >= 4 is 0 Å². The van der Waals surface area contributed by atoms with Gasteiger partial charge >= 0.3 is 0 Å². The van der Waals surface area contributed by atoms with Crippen LogP contribution in [0.4, 0.5) is 0 Å². The molecule has 24 heavy (non-hydrogen) atoms. The van der Waals surface area contributed by atoms with Gasteiger partial charge in [-0.1, -0.05) is 35.9 Å². The topological polar surface area (TPSA) is 21.7 Å². The Morgan fingerprint density at radius 2 is 2.00 bits per heavy atom. The Hall–Kier alpha value is -2.00. The Morgan fingerprint density at radius 1 is 1.12 bits per heavy atom. The van der Waals surface area contributed by atoms with Crippen molar-refractivity contribution in [2.45, 2.75) is 39.3 Å². The maximum absolute atomic E-state index is 5.62. The van der Waals surface area contributed by atoms with E-state index in [0.717, 1.165) is 24.6 Å².